The Morgan fingerprint density at radius 3 is 1.58 bits per heavy atom. The molecule has 0 fully saturated rings. The number of furan rings is 1. The van der Waals surface area contributed by atoms with Gasteiger partial charge in [0.25, 0.3) is 0 Å². The molecule has 0 radical (unpaired) electrons. The summed E-state index contributed by atoms with van der Waals surface area (Å²) in [4.78, 5) is 0. The summed E-state index contributed by atoms with van der Waals surface area (Å²) in [6, 6.07) is 62.6. The second kappa shape index (κ2) is 10.5. The van der Waals surface area contributed by atoms with Gasteiger partial charge in [0.1, 0.15) is 11.2 Å². The van der Waals surface area contributed by atoms with Gasteiger partial charge in [-0.3, -0.25) is 0 Å². The molecule has 1 nitrogen and oxygen atoms in total. The molecule has 0 atom stereocenters. The number of benzene rings is 10. The smallest absolute Gasteiger partial charge is 0.136 e. The number of fused-ring (bicyclic) bond motifs is 12. The Morgan fingerprint density at radius 2 is 0.846 bits per heavy atom. The SMILES string of the molecule is c1ccc2cc3c(cc2c1)sc1ccc(-c2c4ccccc4c(-c4ccc5c(c4)oc4cc6ccc7ccccc7c6cc45)c4ccccc24)cc13. The molecule has 2 heterocycles. The van der Waals surface area contributed by atoms with Crippen molar-refractivity contribution in [2.45, 2.75) is 0 Å². The summed E-state index contributed by atoms with van der Waals surface area (Å²) >= 11 is 1.88. The van der Waals surface area contributed by atoms with Crippen LogP contribution in [0.4, 0.5) is 0 Å². The van der Waals surface area contributed by atoms with Crippen LogP contribution in [0.25, 0.3) is 118 Å². The molecule has 10 aromatic carbocycles. The molecule has 52 heavy (non-hydrogen) atoms. The average molecular weight is 677 g/mol. The summed E-state index contributed by atoms with van der Waals surface area (Å²) in [5.41, 5.74) is 6.75. The summed E-state index contributed by atoms with van der Waals surface area (Å²) in [7, 11) is 0. The average Bonchev–Trinajstić information content (AvgIpc) is 3.74. The van der Waals surface area contributed by atoms with Crippen LogP contribution in [0.3, 0.4) is 0 Å². The summed E-state index contributed by atoms with van der Waals surface area (Å²) < 4.78 is 9.30. The van der Waals surface area contributed by atoms with Gasteiger partial charge in [-0.2, -0.15) is 0 Å². The van der Waals surface area contributed by atoms with Crippen molar-refractivity contribution < 1.29 is 4.42 Å². The van der Waals surface area contributed by atoms with E-state index in [1.54, 1.807) is 0 Å². The molecule has 2 aromatic heterocycles. The van der Waals surface area contributed by atoms with Gasteiger partial charge in [0.15, 0.2) is 0 Å². The van der Waals surface area contributed by atoms with Crippen LogP contribution in [-0.2, 0) is 0 Å². The predicted molar refractivity (Wildman–Crippen MR) is 225 cm³/mol. The number of rotatable bonds is 2. The lowest BCUT2D eigenvalue weighted by Crippen LogP contribution is -1.90. The highest BCUT2D eigenvalue weighted by Crippen LogP contribution is 2.47. The molecule has 2 heteroatoms. The van der Waals surface area contributed by atoms with E-state index in [9.17, 15) is 0 Å². The Bertz CT molecular complexity index is 3410. The zero-order chi connectivity index (χ0) is 33.9. The molecule has 12 aromatic rings. The van der Waals surface area contributed by atoms with Gasteiger partial charge in [0.2, 0.25) is 0 Å². The van der Waals surface area contributed by atoms with E-state index >= 15 is 0 Å². The Balaban J connectivity index is 1.09. The fourth-order valence-corrected chi connectivity index (χ4v) is 9.92. The van der Waals surface area contributed by atoms with E-state index in [-0.39, 0.29) is 0 Å². The van der Waals surface area contributed by atoms with Crippen LogP contribution in [0.5, 0.6) is 0 Å². The van der Waals surface area contributed by atoms with Crippen LogP contribution >= 0.6 is 11.3 Å². The molecular weight excluding hydrogens is 649 g/mol. The second-order valence-electron chi connectivity index (χ2n) is 14.0. The highest BCUT2D eigenvalue weighted by molar-refractivity contribution is 7.25. The zero-order valence-electron chi connectivity index (χ0n) is 28.0. The third-order valence-corrected chi connectivity index (χ3v) is 12.3. The van der Waals surface area contributed by atoms with Crippen LogP contribution < -0.4 is 0 Å². The first kappa shape index (κ1) is 28.2. The van der Waals surface area contributed by atoms with E-state index in [1.807, 2.05) is 11.3 Å². The zero-order valence-corrected chi connectivity index (χ0v) is 28.8. The number of thiophene rings is 1. The molecule has 0 aliphatic heterocycles. The topological polar surface area (TPSA) is 13.1 Å². The first-order chi connectivity index (χ1) is 25.7. The highest BCUT2D eigenvalue weighted by atomic mass is 32.1. The second-order valence-corrected chi connectivity index (χ2v) is 15.1. The largest absolute Gasteiger partial charge is 0.456 e. The van der Waals surface area contributed by atoms with E-state index < -0.39 is 0 Å². The molecule has 0 saturated carbocycles. The van der Waals surface area contributed by atoms with Gasteiger partial charge in [-0.15, -0.1) is 11.3 Å². The van der Waals surface area contributed by atoms with Crippen molar-refractivity contribution in [3.05, 3.63) is 170 Å². The van der Waals surface area contributed by atoms with Gasteiger partial charge < -0.3 is 4.42 Å². The fourth-order valence-electron chi connectivity index (χ4n) is 8.80. The normalized spacial score (nSPS) is 12.2. The minimum Gasteiger partial charge on any atom is -0.456 e. The number of hydrogen-bond donors (Lipinski definition) is 0. The van der Waals surface area contributed by atoms with Crippen molar-refractivity contribution in [2.24, 2.45) is 0 Å². The molecular formula is C50H28OS. The maximum Gasteiger partial charge on any atom is 0.136 e. The van der Waals surface area contributed by atoms with Gasteiger partial charge in [-0.25, -0.2) is 0 Å². The van der Waals surface area contributed by atoms with Crippen molar-refractivity contribution in [2.75, 3.05) is 0 Å². The first-order valence-corrected chi connectivity index (χ1v) is 18.6. The molecule has 240 valence electrons. The molecule has 0 aliphatic rings. The Labute approximate surface area is 302 Å². The lowest BCUT2D eigenvalue weighted by atomic mass is 9.85. The van der Waals surface area contributed by atoms with Crippen molar-refractivity contribution in [3.8, 4) is 22.3 Å². The van der Waals surface area contributed by atoms with E-state index in [2.05, 4.69) is 170 Å². The minimum absolute atomic E-state index is 0.909. The summed E-state index contributed by atoms with van der Waals surface area (Å²) in [5.74, 6) is 0. The van der Waals surface area contributed by atoms with Gasteiger partial charge in [-0.1, -0.05) is 121 Å². The highest BCUT2D eigenvalue weighted by Gasteiger charge is 2.19. The summed E-state index contributed by atoms with van der Waals surface area (Å²) in [5, 5.41) is 17.5. The minimum atomic E-state index is 0.909. The van der Waals surface area contributed by atoms with Crippen LogP contribution in [0.15, 0.2) is 174 Å². The molecule has 0 spiro atoms. The van der Waals surface area contributed by atoms with Crippen LogP contribution in [0.2, 0.25) is 0 Å². The Hall–Kier alpha value is -6.48. The summed E-state index contributed by atoms with van der Waals surface area (Å²) in [6.07, 6.45) is 0. The van der Waals surface area contributed by atoms with E-state index in [4.69, 9.17) is 4.42 Å². The fraction of sp³-hybridized carbons (Fsp3) is 0. The lowest BCUT2D eigenvalue weighted by Gasteiger charge is -2.18. The lowest BCUT2D eigenvalue weighted by molar-refractivity contribution is 0.669. The maximum absolute atomic E-state index is 6.65. The Morgan fingerprint density at radius 1 is 0.288 bits per heavy atom. The van der Waals surface area contributed by atoms with E-state index in [1.165, 1.54) is 90.7 Å². The Kier molecular flexibility index (Phi) is 5.71. The van der Waals surface area contributed by atoms with Gasteiger partial charge in [0.05, 0.1) is 0 Å². The molecule has 0 aliphatic carbocycles. The van der Waals surface area contributed by atoms with Gasteiger partial charge in [-0.05, 0) is 125 Å². The van der Waals surface area contributed by atoms with Crippen LogP contribution in [-0.4, -0.2) is 0 Å². The molecule has 12 rings (SSSR count). The first-order valence-electron chi connectivity index (χ1n) is 17.8. The monoisotopic (exact) mass is 676 g/mol. The van der Waals surface area contributed by atoms with E-state index in [0.717, 1.165) is 27.5 Å². The quantitative estimate of drug-likeness (QED) is 0.131. The van der Waals surface area contributed by atoms with Crippen molar-refractivity contribution in [1.29, 1.82) is 0 Å². The third-order valence-electron chi connectivity index (χ3n) is 11.2. The van der Waals surface area contributed by atoms with Crippen LogP contribution in [0, 0.1) is 0 Å². The van der Waals surface area contributed by atoms with E-state index in [0.29, 0.717) is 0 Å². The molecule has 0 saturated heterocycles. The maximum atomic E-state index is 6.65. The van der Waals surface area contributed by atoms with Crippen molar-refractivity contribution in [1.82, 2.24) is 0 Å². The van der Waals surface area contributed by atoms with Gasteiger partial charge >= 0.3 is 0 Å². The third kappa shape index (κ3) is 3.98. The molecule has 0 unspecified atom stereocenters. The van der Waals surface area contributed by atoms with Gasteiger partial charge in [0, 0.05) is 30.9 Å². The molecule has 0 bridgehead atoms. The molecule has 0 N–H and O–H groups in total. The van der Waals surface area contributed by atoms with Crippen molar-refractivity contribution >= 4 is 107 Å². The van der Waals surface area contributed by atoms with Crippen molar-refractivity contribution in [3.63, 3.8) is 0 Å². The summed E-state index contributed by atoms with van der Waals surface area (Å²) in [6.45, 7) is 0. The standard InChI is InChI=1S/C50H28OS/c1-2-11-31-27-48-44(23-30(31)10-1)43-24-33(20-22-47(43)52-48)49-37-13-5-7-15-39(37)50(40-16-8-6-14-38(40)49)34-19-21-36-42-28-41-32(25-46(42)51-45(36)26-34)18-17-29-9-3-4-12-35(29)41/h1-28H. The molecule has 0 amide bonds. The van der Waals surface area contributed by atoms with Crippen LogP contribution in [0.1, 0.15) is 0 Å². The number of hydrogen-bond acceptors (Lipinski definition) is 2. The predicted octanol–water partition coefficient (Wildman–Crippen LogP) is 15.1.